The van der Waals surface area contributed by atoms with Gasteiger partial charge >= 0.3 is 0 Å². The summed E-state index contributed by atoms with van der Waals surface area (Å²) in [4.78, 5) is 17.1. The molecule has 0 aliphatic carbocycles. The molecule has 2 aromatic rings. The van der Waals surface area contributed by atoms with Gasteiger partial charge in [0.2, 0.25) is 5.28 Å². The first-order valence-electron chi connectivity index (χ1n) is 6.53. The fourth-order valence-corrected chi connectivity index (χ4v) is 3.59. The van der Waals surface area contributed by atoms with Crippen molar-refractivity contribution in [2.75, 3.05) is 13.2 Å². The molecule has 106 valence electrons. The zero-order valence-corrected chi connectivity index (χ0v) is 13.4. The van der Waals surface area contributed by atoms with Gasteiger partial charge in [0.15, 0.2) is 0 Å². The Morgan fingerprint density at radius 2 is 2.10 bits per heavy atom. The van der Waals surface area contributed by atoms with E-state index >= 15 is 0 Å². The van der Waals surface area contributed by atoms with Crippen molar-refractivity contribution in [2.45, 2.75) is 25.8 Å². The average Bonchev–Trinajstić information content (AvgIpc) is 2.42. The van der Waals surface area contributed by atoms with E-state index in [1.807, 2.05) is 19.1 Å². The van der Waals surface area contributed by atoms with E-state index in [1.54, 1.807) is 4.57 Å². The normalized spacial score (nSPS) is 16.8. The standard InChI is InChI=1S/C14H14BrClN2O2/c1-8-6-10-12(11(15)7-8)17-14(16)18(13(10)19)9-2-4-20-5-3-9/h6-7,9H,2-5H2,1H3. The van der Waals surface area contributed by atoms with E-state index in [1.165, 1.54) is 0 Å². The maximum Gasteiger partial charge on any atom is 0.262 e. The van der Waals surface area contributed by atoms with E-state index in [9.17, 15) is 4.79 Å². The number of rotatable bonds is 1. The Hall–Kier alpha value is -0.910. The highest BCUT2D eigenvalue weighted by Crippen LogP contribution is 2.27. The zero-order chi connectivity index (χ0) is 14.3. The Morgan fingerprint density at radius 1 is 1.40 bits per heavy atom. The number of hydrogen-bond donors (Lipinski definition) is 0. The molecule has 1 saturated heterocycles. The number of benzene rings is 1. The van der Waals surface area contributed by atoms with Crippen LogP contribution in [0.3, 0.4) is 0 Å². The van der Waals surface area contributed by atoms with Crippen LogP contribution in [0.2, 0.25) is 5.28 Å². The van der Waals surface area contributed by atoms with Crippen molar-refractivity contribution in [3.05, 3.63) is 37.8 Å². The number of nitrogens with zero attached hydrogens (tertiary/aromatic N) is 2. The highest BCUT2D eigenvalue weighted by atomic mass is 79.9. The van der Waals surface area contributed by atoms with Gasteiger partial charge in [-0.1, -0.05) is 0 Å². The molecule has 20 heavy (non-hydrogen) atoms. The molecular formula is C14H14BrClN2O2. The summed E-state index contributed by atoms with van der Waals surface area (Å²) in [5.74, 6) is 0. The second-order valence-corrected chi connectivity index (χ2v) is 6.23. The summed E-state index contributed by atoms with van der Waals surface area (Å²) in [6.45, 7) is 3.27. The molecule has 1 fully saturated rings. The van der Waals surface area contributed by atoms with Crippen LogP contribution in [0.4, 0.5) is 0 Å². The van der Waals surface area contributed by atoms with Gasteiger partial charge in [0.05, 0.1) is 10.9 Å². The van der Waals surface area contributed by atoms with E-state index in [-0.39, 0.29) is 16.9 Å². The molecule has 0 radical (unpaired) electrons. The molecule has 1 aliphatic heterocycles. The van der Waals surface area contributed by atoms with Crippen LogP contribution in [-0.4, -0.2) is 22.8 Å². The molecule has 1 aliphatic rings. The molecule has 3 rings (SSSR count). The number of ether oxygens (including phenoxy) is 1. The number of fused-ring (bicyclic) bond motifs is 1. The molecule has 0 unspecified atom stereocenters. The highest BCUT2D eigenvalue weighted by Gasteiger charge is 2.21. The van der Waals surface area contributed by atoms with Crippen LogP contribution in [-0.2, 0) is 4.74 Å². The fourth-order valence-electron chi connectivity index (χ4n) is 2.63. The summed E-state index contributed by atoms with van der Waals surface area (Å²) < 4.78 is 7.75. The summed E-state index contributed by atoms with van der Waals surface area (Å²) in [5.41, 5.74) is 1.56. The van der Waals surface area contributed by atoms with Crippen molar-refractivity contribution in [3.8, 4) is 0 Å². The van der Waals surface area contributed by atoms with Crippen molar-refractivity contribution in [2.24, 2.45) is 0 Å². The van der Waals surface area contributed by atoms with Gasteiger partial charge in [0.25, 0.3) is 5.56 Å². The number of halogens is 2. The van der Waals surface area contributed by atoms with E-state index < -0.39 is 0 Å². The summed E-state index contributed by atoms with van der Waals surface area (Å²) in [5, 5.41) is 0.853. The van der Waals surface area contributed by atoms with Crippen molar-refractivity contribution < 1.29 is 4.74 Å². The van der Waals surface area contributed by atoms with Crippen molar-refractivity contribution in [1.29, 1.82) is 0 Å². The van der Waals surface area contributed by atoms with E-state index in [0.717, 1.165) is 22.9 Å². The van der Waals surface area contributed by atoms with Crippen LogP contribution in [0.1, 0.15) is 24.4 Å². The Labute approximate surface area is 129 Å². The van der Waals surface area contributed by atoms with Crippen LogP contribution < -0.4 is 5.56 Å². The van der Waals surface area contributed by atoms with Crippen LogP contribution >= 0.6 is 27.5 Å². The van der Waals surface area contributed by atoms with Gasteiger partial charge in [0.1, 0.15) is 0 Å². The molecule has 0 bridgehead atoms. The lowest BCUT2D eigenvalue weighted by atomic mass is 10.1. The van der Waals surface area contributed by atoms with E-state index in [0.29, 0.717) is 24.1 Å². The van der Waals surface area contributed by atoms with Gasteiger partial charge in [-0.25, -0.2) is 4.98 Å². The molecule has 2 heterocycles. The summed E-state index contributed by atoms with van der Waals surface area (Å²) in [6, 6.07) is 3.87. The zero-order valence-electron chi connectivity index (χ0n) is 11.0. The minimum atomic E-state index is -0.0729. The predicted molar refractivity (Wildman–Crippen MR) is 82.5 cm³/mol. The Balaban J connectivity index is 2.25. The molecule has 0 saturated carbocycles. The largest absolute Gasteiger partial charge is 0.381 e. The summed E-state index contributed by atoms with van der Waals surface area (Å²) in [7, 11) is 0. The van der Waals surface area contributed by atoms with E-state index in [2.05, 4.69) is 20.9 Å². The van der Waals surface area contributed by atoms with Crippen LogP contribution in [0, 0.1) is 6.92 Å². The maximum absolute atomic E-state index is 12.7. The van der Waals surface area contributed by atoms with Gasteiger partial charge in [-0.2, -0.15) is 0 Å². The van der Waals surface area contributed by atoms with Crippen molar-refractivity contribution in [3.63, 3.8) is 0 Å². The molecular weight excluding hydrogens is 344 g/mol. The monoisotopic (exact) mass is 356 g/mol. The second-order valence-electron chi connectivity index (χ2n) is 5.04. The Kier molecular flexibility index (Phi) is 3.84. The molecule has 1 aromatic carbocycles. The van der Waals surface area contributed by atoms with Crippen LogP contribution in [0.5, 0.6) is 0 Å². The molecule has 0 N–H and O–H groups in total. The first-order valence-corrected chi connectivity index (χ1v) is 7.70. The lowest BCUT2D eigenvalue weighted by molar-refractivity contribution is 0.0686. The van der Waals surface area contributed by atoms with Gasteiger partial charge in [-0.05, 0) is 65.0 Å². The number of aromatic nitrogens is 2. The number of aryl methyl sites for hydroxylation is 1. The Bertz CT molecular complexity index is 723. The molecule has 0 amide bonds. The van der Waals surface area contributed by atoms with Gasteiger partial charge in [-0.3, -0.25) is 9.36 Å². The van der Waals surface area contributed by atoms with Gasteiger partial charge in [-0.15, -0.1) is 0 Å². The fraction of sp³-hybridized carbons (Fsp3) is 0.429. The number of hydrogen-bond acceptors (Lipinski definition) is 3. The third-order valence-corrected chi connectivity index (χ3v) is 4.49. The van der Waals surface area contributed by atoms with Crippen molar-refractivity contribution >= 4 is 38.4 Å². The topological polar surface area (TPSA) is 44.1 Å². The van der Waals surface area contributed by atoms with Crippen LogP contribution in [0.15, 0.2) is 21.4 Å². The lowest BCUT2D eigenvalue weighted by Gasteiger charge is -2.25. The third-order valence-electron chi connectivity index (χ3n) is 3.62. The lowest BCUT2D eigenvalue weighted by Crippen LogP contribution is -2.30. The first kappa shape index (κ1) is 14.0. The Morgan fingerprint density at radius 3 is 2.80 bits per heavy atom. The average molecular weight is 358 g/mol. The minimum absolute atomic E-state index is 0.0694. The smallest absolute Gasteiger partial charge is 0.262 e. The third kappa shape index (κ3) is 2.38. The molecule has 0 atom stereocenters. The van der Waals surface area contributed by atoms with Crippen LogP contribution in [0.25, 0.3) is 10.9 Å². The minimum Gasteiger partial charge on any atom is -0.381 e. The first-order chi connectivity index (χ1) is 9.58. The molecule has 0 spiro atoms. The molecule has 4 nitrogen and oxygen atoms in total. The summed E-state index contributed by atoms with van der Waals surface area (Å²) in [6.07, 6.45) is 1.58. The molecule has 6 heteroatoms. The quantitative estimate of drug-likeness (QED) is 0.734. The van der Waals surface area contributed by atoms with E-state index in [4.69, 9.17) is 16.3 Å². The van der Waals surface area contributed by atoms with Crippen molar-refractivity contribution in [1.82, 2.24) is 9.55 Å². The van der Waals surface area contributed by atoms with Gasteiger partial charge in [0, 0.05) is 23.7 Å². The van der Waals surface area contributed by atoms with Gasteiger partial charge < -0.3 is 4.74 Å². The highest BCUT2D eigenvalue weighted by molar-refractivity contribution is 9.10. The second kappa shape index (κ2) is 5.47. The SMILES string of the molecule is Cc1cc(Br)c2nc(Cl)n(C3CCOCC3)c(=O)c2c1. The molecule has 1 aromatic heterocycles. The predicted octanol–water partition coefficient (Wildman–Crippen LogP) is 3.47. The maximum atomic E-state index is 12.7. The summed E-state index contributed by atoms with van der Waals surface area (Å²) >= 11 is 9.69.